The normalized spacial score (nSPS) is 32.3. The summed E-state index contributed by atoms with van der Waals surface area (Å²) < 4.78 is 0. The fourth-order valence-electron chi connectivity index (χ4n) is 4.78. The Kier molecular flexibility index (Phi) is 2.96. The van der Waals surface area contributed by atoms with E-state index in [-0.39, 0.29) is 23.2 Å². The summed E-state index contributed by atoms with van der Waals surface area (Å²) in [6.45, 7) is 3.96. The predicted molar refractivity (Wildman–Crippen MR) is 84.3 cm³/mol. The summed E-state index contributed by atoms with van der Waals surface area (Å²) in [4.78, 5) is 24.5. The Morgan fingerprint density at radius 1 is 1.13 bits per heavy atom. The van der Waals surface area contributed by atoms with E-state index in [9.17, 15) is 14.7 Å². The van der Waals surface area contributed by atoms with Crippen molar-refractivity contribution < 1.29 is 14.7 Å². The molecule has 3 aliphatic rings. The molecule has 2 bridgehead atoms. The predicted octanol–water partition coefficient (Wildman–Crippen LogP) is 1.82. The van der Waals surface area contributed by atoms with Gasteiger partial charge in [0.1, 0.15) is 0 Å². The molecule has 2 saturated carbocycles. The molecule has 1 amide bonds. The zero-order chi connectivity index (χ0) is 16.4. The van der Waals surface area contributed by atoms with E-state index >= 15 is 0 Å². The molecule has 0 saturated heterocycles. The monoisotopic (exact) mass is 310 g/mol. The van der Waals surface area contributed by atoms with Gasteiger partial charge in [0, 0.05) is 17.6 Å². The zero-order valence-electron chi connectivity index (χ0n) is 13.3. The smallest absolute Gasteiger partial charge is 0.228 e. The molecule has 4 atom stereocenters. The Labute approximate surface area is 135 Å². The minimum absolute atomic E-state index is 0.0222. The first-order valence-electron chi connectivity index (χ1n) is 8.22. The summed E-state index contributed by atoms with van der Waals surface area (Å²) in [5.41, 5.74) is 2.91. The molecule has 3 aliphatic carbocycles. The second-order valence-electron chi connectivity index (χ2n) is 7.28. The molecule has 0 radical (unpaired) electrons. The molecule has 1 spiro atoms. The highest BCUT2D eigenvalue weighted by molar-refractivity contribution is 5.97. The molecular weight excluding hydrogens is 290 g/mol. The molecular formula is C19H20NO3-. The lowest BCUT2D eigenvalue weighted by atomic mass is 9.82. The summed E-state index contributed by atoms with van der Waals surface area (Å²) >= 11 is 0. The van der Waals surface area contributed by atoms with Crippen molar-refractivity contribution in [2.45, 2.75) is 26.7 Å². The number of carbonyl (C=O) groups excluding carboxylic acids is 2. The Morgan fingerprint density at radius 2 is 1.78 bits per heavy atom. The van der Waals surface area contributed by atoms with E-state index in [4.69, 9.17) is 0 Å². The summed E-state index contributed by atoms with van der Waals surface area (Å²) in [5, 5.41) is 14.6. The van der Waals surface area contributed by atoms with Crippen LogP contribution in [0.1, 0.15) is 24.0 Å². The van der Waals surface area contributed by atoms with Gasteiger partial charge in [-0.25, -0.2) is 0 Å². The van der Waals surface area contributed by atoms with Gasteiger partial charge >= 0.3 is 0 Å². The number of anilines is 1. The third kappa shape index (κ3) is 1.90. The van der Waals surface area contributed by atoms with E-state index < -0.39 is 17.8 Å². The van der Waals surface area contributed by atoms with Crippen LogP contribution in [-0.2, 0) is 9.59 Å². The minimum atomic E-state index is -1.09. The molecule has 4 heteroatoms. The maximum Gasteiger partial charge on any atom is 0.228 e. The van der Waals surface area contributed by atoms with Crippen LogP contribution in [0.5, 0.6) is 0 Å². The Balaban J connectivity index is 1.64. The first kappa shape index (κ1) is 14.5. The topological polar surface area (TPSA) is 69.2 Å². The van der Waals surface area contributed by atoms with Crippen LogP contribution in [0.4, 0.5) is 5.69 Å². The standard InChI is InChI=1S/C19H21NO3/c1-10-4-3-5-14(11(10)2)20-17(21)15-12-6-7-13(16(15)18(22)23)19(12)8-9-19/h3-7,12-13,15-16H,8-9H2,1-2H3,(H,20,21)(H,22,23)/p-1/t12-,13+,15-,16+/m1/s1. The average Bonchev–Trinajstić information content (AvgIpc) is 3.17. The van der Waals surface area contributed by atoms with Gasteiger partial charge in [0.15, 0.2) is 0 Å². The number of aliphatic carboxylic acids is 1. The van der Waals surface area contributed by atoms with Crippen LogP contribution >= 0.6 is 0 Å². The highest BCUT2D eigenvalue weighted by Gasteiger charge is 2.68. The van der Waals surface area contributed by atoms with E-state index in [1.54, 1.807) is 0 Å². The third-order valence-electron chi connectivity index (χ3n) is 6.28. The van der Waals surface area contributed by atoms with Crippen molar-refractivity contribution in [2.75, 3.05) is 5.32 Å². The van der Waals surface area contributed by atoms with Gasteiger partial charge in [0.2, 0.25) is 5.91 Å². The zero-order valence-corrected chi connectivity index (χ0v) is 13.3. The number of carboxylic acids is 1. The minimum Gasteiger partial charge on any atom is -0.550 e. The number of hydrogen-bond donors (Lipinski definition) is 1. The van der Waals surface area contributed by atoms with Gasteiger partial charge in [-0.1, -0.05) is 24.3 Å². The number of rotatable bonds is 3. The molecule has 0 aliphatic heterocycles. The molecule has 4 nitrogen and oxygen atoms in total. The van der Waals surface area contributed by atoms with Crippen molar-refractivity contribution in [1.29, 1.82) is 0 Å². The Hall–Kier alpha value is -2.10. The van der Waals surface area contributed by atoms with Crippen LogP contribution in [0.25, 0.3) is 0 Å². The lowest BCUT2D eigenvalue weighted by Gasteiger charge is -2.28. The van der Waals surface area contributed by atoms with Crippen LogP contribution in [0.3, 0.4) is 0 Å². The summed E-state index contributed by atoms with van der Waals surface area (Å²) in [5.74, 6) is -2.48. The quantitative estimate of drug-likeness (QED) is 0.866. The molecule has 1 N–H and O–H groups in total. The Morgan fingerprint density at radius 3 is 2.39 bits per heavy atom. The summed E-state index contributed by atoms with van der Waals surface area (Å²) in [6.07, 6.45) is 6.10. The number of carboxylic acid groups (broad SMARTS) is 1. The first-order valence-corrected chi connectivity index (χ1v) is 8.22. The van der Waals surface area contributed by atoms with E-state index in [1.165, 1.54) is 0 Å². The Bertz CT molecular complexity index is 732. The third-order valence-corrected chi connectivity index (χ3v) is 6.28. The van der Waals surface area contributed by atoms with Gasteiger partial charge in [-0.3, -0.25) is 4.79 Å². The highest BCUT2D eigenvalue weighted by Crippen LogP contribution is 2.71. The fraction of sp³-hybridized carbons (Fsp3) is 0.474. The first-order chi connectivity index (χ1) is 11.0. The van der Waals surface area contributed by atoms with Gasteiger partial charge in [-0.15, -0.1) is 0 Å². The fourth-order valence-corrected chi connectivity index (χ4v) is 4.78. The second-order valence-corrected chi connectivity index (χ2v) is 7.28. The molecule has 0 heterocycles. The van der Waals surface area contributed by atoms with Gasteiger partial charge in [0.05, 0.1) is 5.92 Å². The molecule has 120 valence electrons. The number of nitrogens with one attached hydrogen (secondary N) is 1. The van der Waals surface area contributed by atoms with Crippen LogP contribution in [0.2, 0.25) is 0 Å². The van der Waals surface area contributed by atoms with Crippen molar-refractivity contribution in [2.24, 2.45) is 29.1 Å². The van der Waals surface area contributed by atoms with Crippen molar-refractivity contribution in [3.63, 3.8) is 0 Å². The number of carbonyl (C=O) groups is 2. The van der Waals surface area contributed by atoms with E-state index in [2.05, 4.69) is 11.4 Å². The molecule has 2 fully saturated rings. The number of aryl methyl sites for hydroxylation is 1. The van der Waals surface area contributed by atoms with Crippen LogP contribution in [0.15, 0.2) is 30.4 Å². The molecule has 0 aromatic heterocycles. The van der Waals surface area contributed by atoms with Crippen molar-refractivity contribution >= 4 is 17.6 Å². The molecule has 23 heavy (non-hydrogen) atoms. The van der Waals surface area contributed by atoms with E-state index in [1.807, 2.05) is 38.1 Å². The molecule has 0 unspecified atom stereocenters. The average molecular weight is 310 g/mol. The summed E-state index contributed by atoms with van der Waals surface area (Å²) in [7, 11) is 0. The lowest BCUT2D eigenvalue weighted by Crippen LogP contribution is -2.43. The highest BCUT2D eigenvalue weighted by atomic mass is 16.4. The largest absolute Gasteiger partial charge is 0.550 e. The van der Waals surface area contributed by atoms with E-state index in [0.29, 0.717) is 0 Å². The number of benzene rings is 1. The summed E-state index contributed by atoms with van der Waals surface area (Å²) in [6, 6.07) is 5.76. The molecule has 1 aromatic rings. The van der Waals surface area contributed by atoms with Crippen LogP contribution in [0, 0.1) is 42.9 Å². The van der Waals surface area contributed by atoms with Crippen LogP contribution in [-0.4, -0.2) is 11.9 Å². The van der Waals surface area contributed by atoms with Crippen molar-refractivity contribution in [3.05, 3.63) is 41.5 Å². The maximum absolute atomic E-state index is 12.9. The maximum atomic E-state index is 12.9. The molecule has 1 aromatic carbocycles. The SMILES string of the molecule is Cc1cccc(NC(=O)[C@H]2[C@@H](C(=O)[O-])[C@@H]3C=C[C@H]2C32CC2)c1C. The van der Waals surface area contributed by atoms with Gasteiger partial charge in [-0.05, 0) is 61.1 Å². The number of hydrogen-bond acceptors (Lipinski definition) is 3. The number of amides is 1. The van der Waals surface area contributed by atoms with Crippen LogP contribution < -0.4 is 10.4 Å². The van der Waals surface area contributed by atoms with Crippen molar-refractivity contribution in [3.8, 4) is 0 Å². The van der Waals surface area contributed by atoms with Gasteiger partial charge in [0.25, 0.3) is 0 Å². The number of allylic oxidation sites excluding steroid dienone is 2. The second kappa shape index (κ2) is 4.70. The van der Waals surface area contributed by atoms with Crippen molar-refractivity contribution in [1.82, 2.24) is 0 Å². The van der Waals surface area contributed by atoms with Gasteiger partial charge < -0.3 is 15.2 Å². The lowest BCUT2D eigenvalue weighted by molar-refractivity contribution is -0.313. The molecule has 4 rings (SSSR count). The van der Waals surface area contributed by atoms with Gasteiger partial charge in [-0.2, -0.15) is 0 Å². The van der Waals surface area contributed by atoms with E-state index in [0.717, 1.165) is 29.7 Å².